The lowest BCUT2D eigenvalue weighted by Crippen LogP contribution is -2.33. The van der Waals surface area contributed by atoms with Gasteiger partial charge in [-0.1, -0.05) is 32.9 Å². The zero-order valence-electron chi connectivity index (χ0n) is 17.3. The maximum Gasteiger partial charge on any atom is 0.261 e. The van der Waals surface area contributed by atoms with E-state index in [0.717, 1.165) is 21.7 Å². The summed E-state index contributed by atoms with van der Waals surface area (Å²) in [6.07, 6.45) is 0.359. The first-order valence-electron chi connectivity index (χ1n) is 10.2. The van der Waals surface area contributed by atoms with Gasteiger partial charge in [0.15, 0.2) is 0 Å². The minimum absolute atomic E-state index is 0.0131. The van der Waals surface area contributed by atoms with Gasteiger partial charge in [0, 0.05) is 40.1 Å². The topological polar surface area (TPSA) is 72.4 Å². The van der Waals surface area contributed by atoms with Crippen LogP contribution in [0, 0.1) is 0 Å². The molecule has 0 radical (unpaired) electrons. The lowest BCUT2D eigenvalue weighted by atomic mass is 9.85. The Bertz CT molecular complexity index is 1520. The largest absolute Gasteiger partial charge is 0.456 e. The third-order valence-electron chi connectivity index (χ3n) is 5.97. The van der Waals surface area contributed by atoms with Crippen molar-refractivity contribution in [2.75, 3.05) is 6.61 Å². The van der Waals surface area contributed by atoms with E-state index in [0.29, 0.717) is 28.2 Å². The highest BCUT2D eigenvalue weighted by atomic mass is 16.3. The van der Waals surface area contributed by atoms with Crippen LogP contribution in [0.2, 0.25) is 0 Å². The number of nitrogens with zero attached hydrogens (tertiary/aromatic N) is 1. The highest BCUT2D eigenvalue weighted by Crippen LogP contribution is 2.38. The van der Waals surface area contributed by atoms with Gasteiger partial charge in [0.25, 0.3) is 11.1 Å². The normalized spacial score (nSPS) is 12.7. The molecule has 5 aromatic rings. The molecule has 0 saturated carbocycles. The van der Waals surface area contributed by atoms with Crippen LogP contribution in [0.15, 0.2) is 56.5 Å². The quantitative estimate of drug-likeness (QED) is 0.356. The van der Waals surface area contributed by atoms with Crippen molar-refractivity contribution in [2.45, 2.75) is 39.2 Å². The number of pyridine rings is 1. The van der Waals surface area contributed by atoms with Crippen molar-refractivity contribution in [3.05, 3.63) is 68.7 Å². The van der Waals surface area contributed by atoms with Crippen LogP contribution in [0.1, 0.15) is 32.8 Å². The molecule has 0 aliphatic carbocycles. The van der Waals surface area contributed by atoms with E-state index in [1.807, 2.05) is 24.3 Å². The summed E-state index contributed by atoms with van der Waals surface area (Å²) in [5.74, 6) is 0. The van der Waals surface area contributed by atoms with E-state index < -0.39 is 0 Å². The Morgan fingerprint density at radius 3 is 2.13 bits per heavy atom. The average Bonchev–Trinajstić information content (AvgIpc) is 2.72. The van der Waals surface area contributed by atoms with Crippen LogP contribution in [-0.4, -0.2) is 16.3 Å². The molecule has 0 saturated heterocycles. The molecule has 5 nitrogen and oxygen atoms in total. The van der Waals surface area contributed by atoms with Crippen LogP contribution < -0.4 is 11.1 Å². The second-order valence-electron chi connectivity index (χ2n) is 8.92. The highest BCUT2D eigenvalue weighted by Gasteiger charge is 2.20. The van der Waals surface area contributed by atoms with Crippen molar-refractivity contribution in [1.29, 1.82) is 0 Å². The molecule has 0 amide bonds. The number of hydrogen-bond donors (Lipinski definition) is 1. The lowest BCUT2D eigenvalue weighted by molar-refractivity contribution is 0.278. The van der Waals surface area contributed by atoms with Gasteiger partial charge in [-0.15, -0.1) is 0 Å². The lowest BCUT2D eigenvalue weighted by Gasteiger charge is -2.20. The van der Waals surface area contributed by atoms with Crippen LogP contribution in [0.25, 0.3) is 43.5 Å². The van der Waals surface area contributed by atoms with E-state index in [2.05, 4.69) is 32.9 Å². The SMILES string of the molecule is CC(C)(C)c1ccc2oc3ccc4c(=O)n(CCCO)c(=O)c5ccc(c2c1)c3c45. The Morgan fingerprint density at radius 1 is 0.833 bits per heavy atom. The molecular weight excluding hydrogens is 378 g/mol. The molecule has 1 N–H and O–H groups in total. The van der Waals surface area contributed by atoms with Crippen LogP contribution in [0.3, 0.4) is 0 Å². The van der Waals surface area contributed by atoms with Crippen molar-refractivity contribution in [2.24, 2.45) is 0 Å². The molecule has 0 fully saturated rings. The standard InChI is InChI=1S/C25H23NO4/c1-25(2,3)14-5-9-19-18(13-14)15-6-7-16-21-17(8-10-20(30-19)22(15)21)24(29)26(23(16)28)11-4-12-27/h5-10,13,27H,4,11-12H2,1-3H3. The number of aromatic nitrogens is 1. The fraction of sp³-hybridized carbons (Fsp3) is 0.280. The smallest absolute Gasteiger partial charge is 0.261 e. The Labute approximate surface area is 172 Å². The second-order valence-corrected chi connectivity index (χ2v) is 8.92. The monoisotopic (exact) mass is 401 g/mol. The van der Waals surface area contributed by atoms with E-state index in [-0.39, 0.29) is 29.7 Å². The number of rotatable bonds is 3. The molecule has 5 heteroatoms. The number of benzene rings is 3. The molecule has 2 aromatic heterocycles. The molecule has 0 atom stereocenters. The number of aliphatic hydroxyl groups excluding tert-OH is 1. The zero-order chi connectivity index (χ0) is 21.2. The summed E-state index contributed by atoms with van der Waals surface area (Å²) >= 11 is 0. The van der Waals surface area contributed by atoms with E-state index in [4.69, 9.17) is 9.52 Å². The summed E-state index contributed by atoms with van der Waals surface area (Å²) in [5.41, 5.74) is 1.97. The van der Waals surface area contributed by atoms with Gasteiger partial charge in [0.05, 0.1) is 0 Å². The van der Waals surface area contributed by atoms with Crippen LogP contribution in [0.4, 0.5) is 0 Å². The molecule has 152 valence electrons. The highest BCUT2D eigenvalue weighted by molar-refractivity contribution is 6.26. The summed E-state index contributed by atoms with van der Waals surface area (Å²) in [5, 5.41) is 13.6. The predicted octanol–water partition coefficient (Wildman–Crippen LogP) is 4.53. The second kappa shape index (κ2) is 6.41. The van der Waals surface area contributed by atoms with E-state index in [1.54, 1.807) is 6.07 Å². The number of hydrogen-bond acceptors (Lipinski definition) is 4. The molecule has 0 bridgehead atoms. The maximum absolute atomic E-state index is 13.1. The number of aliphatic hydroxyl groups is 1. The van der Waals surface area contributed by atoms with Gasteiger partial charge in [0.1, 0.15) is 11.2 Å². The molecule has 30 heavy (non-hydrogen) atoms. The Hall–Kier alpha value is -3.18. The summed E-state index contributed by atoms with van der Waals surface area (Å²) in [6, 6.07) is 13.5. The van der Waals surface area contributed by atoms with Crippen molar-refractivity contribution < 1.29 is 9.52 Å². The minimum atomic E-state index is -0.320. The average molecular weight is 401 g/mol. The van der Waals surface area contributed by atoms with Crippen molar-refractivity contribution in [3.63, 3.8) is 0 Å². The van der Waals surface area contributed by atoms with Crippen molar-refractivity contribution in [3.8, 4) is 0 Å². The Kier molecular flexibility index (Phi) is 4.02. The first kappa shape index (κ1) is 18.8. The van der Waals surface area contributed by atoms with Gasteiger partial charge in [-0.2, -0.15) is 0 Å². The third-order valence-corrected chi connectivity index (χ3v) is 5.97. The van der Waals surface area contributed by atoms with E-state index in [9.17, 15) is 9.59 Å². The zero-order valence-corrected chi connectivity index (χ0v) is 17.3. The first-order chi connectivity index (χ1) is 14.3. The molecule has 0 aliphatic rings. The molecular formula is C25H23NO4. The van der Waals surface area contributed by atoms with E-state index >= 15 is 0 Å². The molecule has 0 spiro atoms. The minimum Gasteiger partial charge on any atom is -0.456 e. The fourth-order valence-corrected chi connectivity index (χ4v) is 4.36. The maximum atomic E-state index is 13.1. The van der Waals surface area contributed by atoms with Crippen LogP contribution >= 0.6 is 0 Å². The third kappa shape index (κ3) is 2.58. The van der Waals surface area contributed by atoms with Gasteiger partial charge in [-0.3, -0.25) is 14.2 Å². The summed E-state index contributed by atoms with van der Waals surface area (Å²) in [4.78, 5) is 26.1. The number of fused-ring (bicyclic) bond motifs is 2. The molecule has 5 rings (SSSR count). The van der Waals surface area contributed by atoms with Crippen molar-refractivity contribution >= 4 is 43.5 Å². The van der Waals surface area contributed by atoms with Gasteiger partial charge >= 0.3 is 0 Å². The summed E-state index contributed by atoms with van der Waals surface area (Å²) < 4.78 is 7.42. The van der Waals surface area contributed by atoms with Crippen LogP contribution in [-0.2, 0) is 12.0 Å². The van der Waals surface area contributed by atoms with Gasteiger partial charge in [0.2, 0.25) is 0 Å². The predicted molar refractivity (Wildman–Crippen MR) is 121 cm³/mol. The molecule has 2 heterocycles. The fourth-order valence-electron chi connectivity index (χ4n) is 4.36. The van der Waals surface area contributed by atoms with Gasteiger partial charge in [-0.25, -0.2) is 0 Å². The summed E-state index contributed by atoms with van der Waals surface area (Å²) in [6.45, 7) is 6.63. The molecule has 0 unspecified atom stereocenters. The summed E-state index contributed by atoms with van der Waals surface area (Å²) in [7, 11) is 0. The Balaban J connectivity index is 1.96. The molecule has 0 aliphatic heterocycles. The van der Waals surface area contributed by atoms with Gasteiger partial charge < -0.3 is 9.52 Å². The van der Waals surface area contributed by atoms with Crippen molar-refractivity contribution in [1.82, 2.24) is 4.57 Å². The first-order valence-corrected chi connectivity index (χ1v) is 10.2. The van der Waals surface area contributed by atoms with E-state index in [1.165, 1.54) is 10.1 Å². The Morgan fingerprint density at radius 2 is 1.47 bits per heavy atom. The van der Waals surface area contributed by atoms with Crippen LogP contribution in [0.5, 0.6) is 0 Å². The molecule has 3 aromatic carbocycles. The van der Waals surface area contributed by atoms with Gasteiger partial charge in [-0.05, 0) is 53.1 Å².